The van der Waals surface area contributed by atoms with Crippen molar-refractivity contribution in [2.24, 2.45) is 0 Å². The van der Waals surface area contributed by atoms with Gasteiger partial charge in [-0.25, -0.2) is 4.98 Å². The summed E-state index contributed by atoms with van der Waals surface area (Å²) >= 11 is 0.783. The number of nitriles is 1. The Morgan fingerprint density at radius 1 is 1.48 bits per heavy atom. The second-order valence-electron chi connectivity index (χ2n) is 3.92. The number of hydrogen-bond acceptors (Lipinski definition) is 5. The van der Waals surface area contributed by atoms with E-state index in [4.69, 9.17) is 10.00 Å². The Bertz CT molecular complexity index is 758. The van der Waals surface area contributed by atoms with Gasteiger partial charge in [0.1, 0.15) is 16.6 Å². The first kappa shape index (κ1) is 15.1. The average molecular weight is 315 g/mol. The van der Waals surface area contributed by atoms with Crippen molar-refractivity contribution < 1.29 is 17.9 Å². The number of aromatic nitrogens is 2. The third-order valence-electron chi connectivity index (χ3n) is 2.58. The number of alkyl halides is 3. The van der Waals surface area contributed by atoms with E-state index in [1.165, 1.54) is 13.2 Å². The van der Waals surface area contributed by atoms with Crippen LogP contribution < -0.4 is 10.3 Å². The summed E-state index contributed by atoms with van der Waals surface area (Å²) in [7, 11) is 1.27. The van der Waals surface area contributed by atoms with Gasteiger partial charge in [-0.15, -0.1) is 11.3 Å². The molecular weight excluding hydrogens is 307 g/mol. The fraction of sp³-hybridized carbons (Fsp3) is 0.250. The minimum atomic E-state index is -4.53. The zero-order valence-electron chi connectivity index (χ0n) is 10.6. The smallest absolute Gasteiger partial charge is 0.434 e. The highest BCUT2D eigenvalue weighted by Crippen LogP contribution is 2.30. The van der Waals surface area contributed by atoms with Crippen molar-refractivity contribution in [2.45, 2.75) is 12.7 Å². The average Bonchev–Trinajstić information content (AvgIpc) is 2.89. The number of hydrogen-bond donors (Lipinski definition) is 0. The van der Waals surface area contributed by atoms with Gasteiger partial charge >= 0.3 is 6.18 Å². The molecule has 2 aromatic heterocycles. The molecule has 0 aliphatic heterocycles. The van der Waals surface area contributed by atoms with Crippen molar-refractivity contribution in [3.8, 4) is 11.9 Å². The highest BCUT2D eigenvalue weighted by Gasteiger charge is 2.33. The van der Waals surface area contributed by atoms with Crippen LogP contribution in [0.3, 0.4) is 0 Å². The van der Waals surface area contributed by atoms with Crippen LogP contribution in [0.2, 0.25) is 0 Å². The second-order valence-corrected chi connectivity index (χ2v) is 4.86. The fourth-order valence-electron chi connectivity index (χ4n) is 1.67. The lowest BCUT2D eigenvalue weighted by Crippen LogP contribution is -2.22. The first-order valence-corrected chi connectivity index (χ1v) is 6.44. The lowest BCUT2D eigenvalue weighted by Gasteiger charge is -2.11. The first-order valence-electron chi connectivity index (χ1n) is 5.56. The van der Waals surface area contributed by atoms with Gasteiger partial charge in [-0.05, 0) is 6.07 Å². The Labute approximate surface area is 120 Å². The first-order chi connectivity index (χ1) is 9.86. The Kier molecular flexibility index (Phi) is 3.99. The van der Waals surface area contributed by atoms with E-state index in [2.05, 4.69) is 4.98 Å². The van der Waals surface area contributed by atoms with Crippen LogP contribution in [0.1, 0.15) is 16.3 Å². The SMILES string of the molecule is COc1c(C#N)ccc(=O)n1Cc1nc(C(F)(F)F)cs1. The summed E-state index contributed by atoms with van der Waals surface area (Å²) in [6.45, 7) is -0.196. The predicted molar refractivity (Wildman–Crippen MR) is 68.2 cm³/mol. The molecule has 0 fully saturated rings. The van der Waals surface area contributed by atoms with Crippen LogP contribution in [-0.4, -0.2) is 16.7 Å². The molecule has 5 nitrogen and oxygen atoms in total. The van der Waals surface area contributed by atoms with Crippen LogP contribution in [0, 0.1) is 11.3 Å². The maximum atomic E-state index is 12.5. The third-order valence-corrected chi connectivity index (χ3v) is 3.42. The number of methoxy groups -OCH3 is 1. The Hall–Kier alpha value is -2.34. The van der Waals surface area contributed by atoms with Crippen LogP contribution in [0.5, 0.6) is 5.88 Å². The number of ether oxygens (including phenoxy) is 1. The molecule has 0 saturated heterocycles. The van der Waals surface area contributed by atoms with Crippen molar-refractivity contribution in [3.05, 3.63) is 44.1 Å². The van der Waals surface area contributed by atoms with Crippen molar-refractivity contribution >= 4 is 11.3 Å². The van der Waals surface area contributed by atoms with E-state index < -0.39 is 17.4 Å². The summed E-state index contributed by atoms with van der Waals surface area (Å²) in [6, 6.07) is 4.29. The van der Waals surface area contributed by atoms with E-state index >= 15 is 0 Å². The summed E-state index contributed by atoms with van der Waals surface area (Å²) in [5.74, 6) is -0.00578. The number of thiazole rings is 1. The molecule has 0 unspecified atom stereocenters. The molecule has 110 valence electrons. The van der Waals surface area contributed by atoms with Crippen LogP contribution in [0.4, 0.5) is 13.2 Å². The molecule has 2 rings (SSSR count). The summed E-state index contributed by atoms with van der Waals surface area (Å²) in [5, 5.41) is 9.91. The van der Waals surface area contributed by atoms with Gasteiger partial charge in [-0.2, -0.15) is 18.4 Å². The van der Waals surface area contributed by atoms with Gasteiger partial charge < -0.3 is 4.74 Å². The van der Waals surface area contributed by atoms with E-state index in [0.717, 1.165) is 27.4 Å². The molecule has 0 aromatic carbocycles. The molecule has 2 aromatic rings. The molecule has 0 bridgehead atoms. The van der Waals surface area contributed by atoms with Crippen LogP contribution in [0.25, 0.3) is 0 Å². The lowest BCUT2D eigenvalue weighted by atomic mass is 10.3. The van der Waals surface area contributed by atoms with Crippen LogP contribution >= 0.6 is 11.3 Å². The summed E-state index contributed by atoms with van der Waals surface area (Å²) in [5.41, 5.74) is -1.38. The van der Waals surface area contributed by atoms with E-state index in [9.17, 15) is 18.0 Å². The predicted octanol–water partition coefficient (Wildman–Crippen LogP) is 2.25. The maximum absolute atomic E-state index is 12.5. The van der Waals surface area contributed by atoms with Crippen LogP contribution in [0.15, 0.2) is 22.3 Å². The van der Waals surface area contributed by atoms with Gasteiger partial charge in [0.15, 0.2) is 5.69 Å². The Balaban J connectivity index is 2.43. The molecule has 0 radical (unpaired) electrons. The molecule has 0 amide bonds. The molecule has 0 atom stereocenters. The normalized spacial score (nSPS) is 11.2. The van der Waals surface area contributed by atoms with E-state index in [1.54, 1.807) is 0 Å². The largest absolute Gasteiger partial charge is 0.481 e. The minimum absolute atomic E-state index is 0.00578. The molecule has 0 aliphatic carbocycles. The van der Waals surface area contributed by atoms with Gasteiger partial charge in [0.05, 0.1) is 13.7 Å². The maximum Gasteiger partial charge on any atom is 0.434 e. The van der Waals surface area contributed by atoms with Crippen molar-refractivity contribution in [1.82, 2.24) is 9.55 Å². The van der Waals surface area contributed by atoms with Gasteiger partial charge in [0, 0.05) is 11.4 Å². The monoisotopic (exact) mass is 315 g/mol. The molecule has 2 heterocycles. The molecule has 0 N–H and O–H groups in total. The van der Waals surface area contributed by atoms with Crippen molar-refractivity contribution in [3.63, 3.8) is 0 Å². The summed E-state index contributed by atoms with van der Waals surface area (Å²) in [6.07, 6.45) is -4.53. The zero-order valence-corrected chi connectivity index (χ0v) is 11.5. The molecule has 0 saturated carbocycles. The quantitative estimate of drug-likeness (QED) is 0.871. The fourth-order valence-corrected chi connectivity index (χ4v) is 2.45. The third kappa shape index (κ3) is 3.05. The van der Waals surface area contributed by atoms with Gasteiger partial charge in [0.2, 0.25) is 5.88 Å². The van der Waals surface area contributed by atoms with E-state index in [1.807, 2.05) is 6.07 Å². The van der Waals surface area contributed by atoms with Gasteiger partial charge in [0.25, 0.3) is 5.56 Å². The number of nitrogens with zero attached hydrogens (tertiary/aromatic N) is 3. The standard InChI is InChI=1S/C12H8F3N3O2S/c1-20-11-7(4-16)2-3-10(19)18(11)5-9-17-8(6-21-9)12(13,14)15/h2-3,6H,5H2,1H3. The molecule has 0 spiro atoms. The van der Waals surface area contributed by atoms with Crippen LogP contribution in [-0.2, 0) is 12.7 Å². The topological polar surface area (TPSA) is 67.9 Å². The lowest BCUT2D eigenvalue weighted by molar-refractivity contribution is -0.140. The minimum Gasteiger partial charge on any atom is -0.481 e. The van der Waals surface area contributed by atoms with Gasteiger partial charge in [-0.3, -0.25) is 9.36 Å². The van der Waals surface area contributed by atoms with Gasteiger partial charge in [-0.1, -0.05) is 0 Å². The Morgan fingerprint density at radius 3 is 2.71 bits per heavy atom. The Morgan fingerprint density at radius 2 is 2.19 bits per heavy atom. The second kappa shape index (κ2) is 5.57. The summed E-state index contributed by atoms with van der Waals surface area (Å²) in [4.78, 5) is 15.2. The van der Waals surface area contributed by atoms with Crippen molar-refractivity contribution in [2.75, 3.05) is 7.11 Å². The van der Waals surface area contributed by atoms with Crippen molar-refractivity contribution in [1.29, 1.82) is 5.26 Å². The number of rotatable bonds is 3. The molecule has 0 aliphatic rings. The highest BCUT2D eigenvalue weighted by atomic mass is 32.1. The number of pyridine rings is 1. The zero-order chi connectivity index (χ0) is 15.6. The summed E-state index contributed by atoms with van der Waals surface area (Å²) < 4.78 is 43.5. The highest BCUT2D eigenvalue weighted by molar-refractivity contribution is 7.09. The van der Waals surface area contributed by atoms with E-state index in [0.29, 0.717) is 0 Å². The van der Waals surface area contributed by atoms with E-state index in [-0.39, 0.29) is 23.0 Å². The molecular formula is C12H8F3N3O2S. The number of halogens is 3. The molecule has 21 heavy (non-hydrogen) atoms. The molecule has 9 heteroatoms.